The molecule has 0 saturated carbocycles. The van der Waals surface area contributed by atoms with Crippen LogP contribution in [-0.2, 0) is 0 Å². The van der Waals surface area contributed by atoms with E-state index in [-0.39, 0.29) is 23.4 Å². The smallest absolute Gasteiger partial charge is 0.167 e. The van der Waals surface area contributed by atoms with Gasteiger partial charge in [0.25, 0.3) is 0 Å². The van der Waals surface area contributed by atoms with Crippen molar-refractivity contribution in [3.8, 4) is 11.5 Å². The van der Waals surface area contributed by atoms with Crippen LogP contribution in [0.25, 0.3) is 0 Å². The highest BCUT2D eigenvalue weighted by Gasteiger charge is 2.32. The third-order valence-corrected chi connectivity index (χ3v) is 8.56. The third-order valence-electron chi connectivity index (χ3n) is 8.56. The van der Waals surface area contributed by atoms with Gasteiger partial charge in [0, 0.05) is 36.1 Å². The van der Waals surface area contributed by atoms with Gasteiger partial charge in [-0.1, -0.05) is 25.7 Å². The maximum atomic E-state index is 14.1. The van der Waals surface area contributed by atoms with Gasteiger partial charge in [-0.3, -0.25) is 9.59 Å². The van der Waals surface area contributed by atoms with Gasteiger partial charge in [0.05, 0.1) is 13.2 Å². The molecule has 2 heterocycles. The highest BCUT2D eigenvalue weighted by molar-refractivity contribution is 6.00. The van der Waals surface area contributed by atoms with Crippen LogP contribution in [-0.4, -0.2) is 73.8 Å². The number of carbonyl (C=O) groups is 2. The number of nitrogens with zero attached hydrogens (tertiary/aromatic N) is 2. The first kappa shape index (κ1) is 31.2. The lowest BCUT2D eigenvalue weighted by Gasteiger charge is -2.31. The fourth-order valence-electron chi connectivity index (χ4n) is 6.37. The Bertz CT molecular complexity index is 967. The standard InChI is InChI=1S/C35H50N2O4/c1-3-40-32-17-13-28(14-18-32)34(38)30(26-36-21-9-5-6-10-22-36)25-31(27-37-23-11-7-8-12-24-37)35(39)29-15-19-33(20-16-29)41-4-2/h13-20,30-31H,3-12,21-27H2,1-2H3/t30-,31+. The van der Waals surface area contributed by atoms with E-state index >= 15 is 0 Å². The average Bonchev–Trinajstić information content (AvgIpc) is 3.42. The molecule has 6 heteroatoms. The lowest BCUT2D eigenvalue weighted by atomic mass is 9.83. The Morgan fingerprint density at radius 2 is 0.927 bits per heavy atom. The van der Waals surface area contributed by atoms with E-state index < -0.39 is 0 Å². The molecule has 2 aliphatic rings. The zero-order valence-electron chi connectivity index (χ0n) is 25.3. The number of hydrogen-bond donors (Lipinski definition) is 0. The number of Topliss-reactive ketones (excluding diaryl/α,β-unsaturated/α-hetero) is 2. The number of rotatable bonds is 14. The topological polar surface area (TPSA) is 59.1 Å². The molecule has 4 rings (SSSR count). The lowest BCUT2D eigenvalue weighted by molar-refractivity contribution is 0.0775. The summed E-state index contributed by atoms with van der Waals surface area (Å²) in [7, 11) is 0. The summed E-state index contributed by atoms with van der Waals surface area (Å²) < 4.78 is 11.2. The molecule has 0 N–H and O–H groups in total. The SMILES string of the molecule is CCOc1ccc(C(=O)[C@H](C[C@@H](CN2CCCCCC2)C(=O)c2ccc(OCC)cc2)CN2CCCCCC2)cc1. The molecule has 2 atom stereocenters. The van der Waals surface area contributed by atoms with Crippen molar-refractivity contribution in [2.24, 2.45) is 11.8 Å². The number of carbonyl (C=O) groups excluding carboxylic acids is 2. The fourth-order valence-corrected chi connectivity index (χ4v) is 6.37. The van der Waals surface area contributed by atoms with Crippen molar-refractivity contribution in [1.29, 1.82) is 0 Å². The Morgan fingerprint density at radius 3 is 1.24 bits per heavy atom. The summed E-state index contributed by atoms with van der Waals surface area (Å²) in [4.78, 5) is 33.2. The normalized spacial score (nSPS) is 18.6. The van der Waals surface area contributed by atoms with Crippen LogP contribution in [0.3, 0.4) is 0 Å². The predicted octanol–water partition coefficient (Wildman–Crippen LogP) is 6.92. The molecule has 6 nitrogen and oxygen atoms in total. The molecule has 0 unspecified atom stereocenters. The van der Waals surface area contributed by atoms with Crippen LogP contribution in [0.4, 0.5) is 0 Å². The zero-order chi connectivity index (χ0) is 28.9. The number of benzene rings is 2. The zero-order valence-corrected chi connectivity index (χ0v) is 25.3. The van der Waals surface area contributed by atoms with Crippen molar-refractivity contribution < 1.29 is 19.1 Å². The average molecular weight is 563 g/mol. The first-order valence-electron chi connectivity index (χ1n) is 16.1. The minimum absolute atomic E-state index is 0.137. The maximum Gasteiger partial charge on any atom is 0.167 e. The second kappa shape index (κ2) is 16.7. The van der Waals surface area contributed by atoms with E-state index in [9.17, 15) is 9.59 Å². The number of likely N-dealkylation sites (tertiary alicyclic amines) is 2. The molecule has 0 bridgehead atoms. The first-order chi connectivity index (χ1) is 20.1. The molecular weight excluding hydrogens is 512 g/mol. The second-order valence-electron chi connectivity index (χ2n) is 11.7. The molecule has 0 amide bonds. The maximum absolute atomic E-state index is 14.1. The van der Waals surface area contributed by atoms with Crippen LogP contribution in [0.5, 0.6) is 11.5 Å². The molecule has 0 aromatic heterocycles. The summed E-state index contributed by atoms with van der Waals surface area (Å²) in [5, 5.41) is 0. The van der Waals surface area contributed by atoms with Crippen molar-refractivity contribution in [1.82, 2.24) is 9.80 Å². The van der Waals surface area contributed by atoms with E-state index in [1.54, 1.807) is 0 Å². The molecule has 0 aliphatic carbocycles. The van der Waals surface area contributed by atoms with Gasteiger partial charge in [-0.25, -0.2) is 0 Å². The van der Waals surface area contributed by atoms with Crippen LogP contribution in [0.2, 0.25) is 0 Å². The van der Waals surface area contributed by atoms with Gasteiger partial charge in [-0.15, -0.1) is 0 Å². The van der Waals surface area contributed by atoms with Gasteiger partial charge >= 0.3 is 0 Å². The third kappa shape index (κ3) is 9.68. The summed E-state index contributed by atoms with van der Waals surface area (Å²) in [6, 6.07) is 15.1. The number of ketones is 2. The van der Waals surface area contributed by atoms with E-state index in [1.807, 2.05) is 62.4 Å². The Balaban J connectivity index is 1.60. The highest BCUT2D eigenvalue weighted by atomic mass is 16.5. The molecule has 0 radical (unpaired) electrons. The molecule has 0 spiro atoms. The lowest BCUT2D eigenvalue weighted by Crippen LogP contribution is -2.39. The molecule has 2 fully saturated rings. The largest absolute Gasteiger partial charge is 0.494 e. The van der Waals surface area contributed by atoms with Gasteiger partial charge in [-0.05, 0) is 121 Å². The van der Waals surface area contributed by atoms with Crippen molar-refractivity contribution >= 4 is 11.6 Å². The van der Waals surface area contributed by atoms with Crippen LogP contribution in [0.15, 0.2) is 48.5 Å². The van der Waals surface area contributed by atoms with Gasteiger partial charge in [0.1, 0.15) is 11.5 Å². The number of hydrogen-bond acceptors (Lipinski definition) is 6. The van der Waals surface area contributed by atoms with E-state index in [0.29, 0.717) is 43.9 Å². The molecule has 41 heavy (non-hydrogen) atoms. The monoisotopic (exact) mass is 562 g/mol. The van der Waals surface area contributed by atoms with Gasteiger partial charge in [0.2, 0.25) is 0 Å². The summed E-state index contributed by atoms with van der Waals surface area (Å²) in [6.45, 7) is 10.6. The van der Waals surface area contributed by atoms with E-state index in [1.165, 1.54) is 51.4 Å². The van der Waals surface area contributed by atoms with Crippen LogP contribution in [0, 0.1) is 11.8 Å². The molecule has 2 aromatic carbocycles. The molecular formula is C35H50N2O4. The van der Waals surface area contributed by atoms with Gasteiger partial charge in [-0.2, -0.15) is 0 Å². The van der Waals surface area contributed by atoms with Crippen molar-refractivity contribution in [3.05, 3.63) is 59.7 Å². The van der Waals surface area contributed by atoms with Crippen LogP contribution < -0.4 is 9.47 Å². The first-order valence-corrected chi connectivity index (χ1v) is 16.1. The molecule has 2 saturated heterocycles. The quantitative estimate of drug-likeness (QED) is 0.233. The Labute approximate surface area is 247 Å². The fraction of sp³-hybridized carbons (Fsp3) is 0.600. The van der Waals surface area contributed by atoms with Gasteiger partial charge in [0.15, 0.2) is 11.6 Å². The summed E-state index contributed by atoms with van der Waals surface area (Å²) in [6.07, 6.45) is 10.3. The van der Waals surface area contributed by atoms with Crippen molar-refractivity contribution in [2.75, 3.05) is 52.5 Å². The van der Waals surface area contributed by atoms with E-state index in [2.05, 4.69) is 9.80 Å². The van der Waals surface area contributed by atoms with Crippen molar-refractivity contribution in [3.63, 3.8) is 0 Å². The highest BCUT2D eigenvalue weighted by Crippen LogP contribution is 2.27. The second-order valence-corrected chi connectivity index (χ2v) is 11.7. The minimum atomic E-state index is -0.241. The molecule has 224 valence electrons. The summed E-state index contributed by atoms with van der Waals surface area (Å²) in [5.41, 5.74) is 1.41. The Morgan fingerprint density at radius 1 is 0.585 bits per heavy atom. The predicted molar refractivity (Wildman–Crippen MR) is 165 cm³/mol. The van der Waals surface area contributed by atoms with E-state index in [0.717, 1.165) is 37.7 Å². The summed E-state index contributed by atoms with van der Waals surface area (Å²) >= 11 is 0. The Hall–Kier alpha value is -2.70. The van der Waals surface area contributed by atoms with Crippen LogP contribution in [0.1, 0.15) is 92.4 Å². The van der Waals surface area contributed by atoms with Crippen LogP contribution >= 0.6 is 0 Å². The molecule has 2 aliphatic heterocycles. The molecule has 2 aromatic rings. The van der Waals surface area contributed by atoms with Crippen molar-refractivity contribution in [2.45, 2.75) is 71.6 Å². The van der Waals surface area contributed by atoms with Gasteiger partial charge < -0.3 is 19.3 Å². The Kier molecular flexibility index (Phi) is 12.7. The minimum Gasteiger partial charge on any atom is -0.494 e. The summed E-state index contributed by atoms with van der Waals surface area (Å²) in [5.74, 6) is 1.34. The number of ether oxygens (including phenoxy) is 2. The van der Waals surface area contributed by atoms with E-state index in [4.69, 9.17) is 9.47 Å².